The van der Waals surface area contributed by atoms with Crippen molar-refractivity contribution in [2.75, 3.05) is 20.3 Å². The van der Waals surface area contributed by atoms with Crippen LogP contribution in [0.25, 0.3) is 11.1 Å². The number of fused-ring (bicyclic) bond motifs is 3. The Morgan fingerprint density at radius 2 is 1.50 bits per heavy atom. The number of esters is 1. The summed E-state index contributed by atoms with van der Waals surface area (Å²) in [5.74, 6) is -0.411. The molecule has 185 valence electrons. The van der Waals surface area contributed by atoms with Crippen LogP contribution in [0.15, 0.2) is 83.9 Å². The van der Waals surface area contributed by atoms with E-state index in [9.17, 15) is 9.59 Å². The van der Waals surface area contributed by atoms with Crippen molar-refractivity contribution in [2.24, 2.45) is 4.99 Å². The molecule has 0 spiro atoms. The van der Waals surface area contributed by atoms with Crippen molar-refractivity contribution in [2.45, 2.75) is 24.9 Å². The number of benzene rings is 3. The molecule has 3 aromatic rings. The molecule has 1 aliphatic rings. The van der Waals surface area contributed by atoms with E-state index in [0.717, 1.165) is 16.7 Å². The van der Waals surface area contributed by atoms with Crippen molar-refractivity contribution in [3.05, 3.63) is 95.6 Å². The Bertz CT molecular complexity index is 1200. The second kappa shape index (κ2) is 11.9. The summed E-state index contributed by atoms with van der Waals surface area (Å²) in [6, 6.07) is 25.0. The number of hydrogen-bond acceptors (Lipinski definition) is 5. The zero-order valence-corrected chi connectivity index (χ0v) is 21.9. The number of aliphatic imine (C=N–C) groups is 1. The fourth-order valence-corrected chi connectivity index (χ4v) is 4.87. The first-order valence-electron chi connectivity index (χ1n) is 11.7. The van der Waals surface area contributed by atoms with Crippen LogP contribution >= 0.6 is 0 Å². The third-order valence-electron chi connectivity index (χ3n) is 6.15. The van der Waals surface area contributed by atoms with Gasteiger partial charge in [-0.1, -0.05) is 12.1 Å². The van der Waals surface area contributed by atoms with Crippen LogP contribution in [0.2, 0.25) is 0 Å². The molecule has 1 aliphatic carbocycles. The van der Waals surface area contributed by atoms with Gasteiger partial charge in [0.05, 0.1) is 0 Å². The number of nitrogens with one attached hydrogen (secondary N) is 2. The SMILES string of the molecule is COC(=O)[C@H](C)NC([Se])=NC[C@@H](NC(=O)OCC1c2ccccc2-c2ccccc21)c1ccccc1. The van der Waals surface area contributed by atoms with Crippen LogP contribution < -0.4 is 10.6 Å². The van der Waals surface area contributed by atoms with Crippen molar-refractivity contribution >= 4 is 32.8 Å². The summed E-state index contributed by atoms with van der Waals surface area (Å²) < 4.78 is 10.9. The van der Waals surface area contributed by atoms with Gasteiger partial charge in [0.25, 0.3) is 0 Å². The van der Waals surface area contributed by atoms with E-state index in [1.54, 1.807) is 6.92 Å². The maximum atomic E-state index is 12.9. The molecule has 0 aliphatic heterocycles. The van der Waals surface area contributed by atoms with Gasteiger partial charge in [0, 0.05) is 0 Å². The van der Waals surface area contributed by atoms with E-state index >= 15 is 0 Å². The molecule has 7 nitrogen and oxygen atoms in total. The molecule has 0 fully saturated rings. The first-order valence-corrected chi connectivity index (χ1v) is 12.6. The predicted molar refractivity (Wildman–Crippen MR) is 140 cm³/mol. The van der Waals surface area contributed by atoms with Crippen molar-refractivity contribution in [1.29, 1.82) is 0 Å². The number of carbonyl (C=O) groups is 2. The van der Waals surface area contributed by atoms with E-state index < -0.39 is 24.1 Å². The Labute approximate surface area is 219 Å². The van der Waals surface area contributed by atoms with Gasteiger partial charge in [0.1, 0.15) is 0 Å². The van der Waals surface area contributed by atoms with Crippen molar-refractivity contribution < 1.29 is 19.1 Å². The molecule has 2 atom stereocenters. The van der Waals surface area contributed by atoms with E-state index in [-0.39, 0.29) is 19.1 Å². The standard InChI is InChI=1S/C28H28N3O4Se/c1-18(26(32)34-2)30-27(36)29-16-25(19-10-4-3-5-11-19)31-28(33)35-17-24-22-14-8-6-12-20(22)21-13-7-9-15-23(21)24/h3-15,18,24-25H,16-17H2,1-2H3,(H,29,30)(H,31,33)/t18-,25+/m0/s1. The molecule has 0 saturated carbocycles. The molecule has 3 aromatic carbocycles. The zero-order valence-electron chi connectivity index (χ0n) is 20.1. The first-order chi connectivity index (χ1) is 17.5. The van der Waals surface area contributed by atoms with Gasteiger partial charge in [-0.2, -0.15) is 0 Å². The van der Waals surface area contributed by atoms with Crippen LogP contribution in [0.4, 0.5) is 4.79 Å². The minimum atomic E-state index is -0.555. The van der Waals surface area contributed by atoms with Gasteiger partial charge in [-0.3, -0.25) is 0 Å². The van der Waals surface area contributed by atoms with Gasteiger partial charge in [0.2, 0.25) is 0 Å². The monoisotopic (exact) mass is 550 g/mol. The number of nitrogens with zero attached hydrogens (tertiary/aromatic N) is 1. The number of alkyl carbamates (subject to hydrolysis) is 1. The van der Waals surface area contributed by atoms with Crippen molar-refractivity contribution in [1.82, 2.24) is 10.6 Å². The molecule has 1 radical (unpaired) electrons. The number of amidine groups is 1. The van der Waals surface area contributed by atoms with Crippen LogP contribution in [0, 0.1) is 0 Å². The number of rotatable bonds is 8. The van der Waals surface area contributed by atoms with Crippen molar-refractivity contribution in [3.8, 4) is 11.1 Å². The molecular weight excluding hydrogens is 521 g/mol. The fourth-order valence-electron chi connectivity index (χ4n) is 4.34. The van der Waals surface area contributed by atoms with Gasteiger partial charge in [-0.05, 0) is 0 Å². The average Bonchev–Trinajstić information content (AvgIpc) is 3.23. The van der Waals surface area contributed by atoms with Gasteiger partial charge < -0.3 is 0 Å². The van der Waals surface area contributed by atoms with E-state index in [0.29, 0.717) is 4.73 Å². The molecule has 4 rings (SSSR count). The number of methoxy groups -OCH3 is 1. The van der Waals surface area contributed by atoms with Crippen molar-refractivity contribution in [3.63, 3.8) is 0 Å². The number of amides is 1. The van der Waals surface area contributed by atoms with Crippen LogP contribution in [0.5, 0.6) is 0 Å². The Balaban J connectivity index is 1.43. The van der Waals surface area contributed by atoms with Crippen LogP contribution in [-0.2, 0) is 14.3 Å². The predicted octanol–water partition coefficient (Wildman–Crippen LogP) is 3.94. The van der Waals surface area contributed by atoms with E-state index in [2.05, 4.69) is 55.9 Å². The minimum absolute atomic E-state index is 0.0165. The second-order valence-electron chi connectivity index (χ2n) is 8.47. The Kier molecular flexibility index (Phi) is 8.41. The molecule has 8 heteroatoms. The van der Waals surface area contributed by atoms with E-state index in [1.807, 2.05) is 54.6 Å². The Morgan fingerprint density at radius 3 is 2.11 bits per heavy atom. The zero-order chi connectivity index (χ0) is 25.5. The summed E-state index contributed by atoms with van der Waals surface area (Å²) in [6.07, 6.45) is -0.515. The third-order valence-corrected chi connectivity index (χ3v) is 6.67. The van der Waals surface area contributed by atoms with Crippen LogP contribution in [-0.4, -0.2) is 59.1 Å². The number of ether oxygens (including phenoxy) is 2. The summed E-state index contributed by atoms with van der Waals surface area (Å²) in [5.41, 5.74) is 5.57. The fraction of sp³-hybridized carbons (Fsp3) is 0.250. The molecule has 0 heterocycles. The molecule has 36 heavy (non-hydrogen) atoms. The third kappa shape index (κ3) is 5.96. The summed E-state index contributed by atoms with van der Waals surface area (Å²) in [4.78, 5) is 29.0. The average molecular weight is 550 g/mol. The summed E-state index contributed by atoms with van der Waals surface area (Å²) in [5, 5.41) is 5.89. The quantitative estimate of drug-likeness (QED) is 0.192. The van der Waals surface area contributed by atoms with Gasteiger partial charge in [-0.25, -0.2) is 0 Å². The molecule has 0 saturated heterocycles. The van der Waals surface area contributed by atoms with Gasteiger partial charge >= 0.3 is 207 Å². The molecule has 0 unspecified atom stereocenters. The normalized spacial score (nSPS) is 14.2. The van der Waals surface area contributed by atoms with Crippen LogP contribution in [0.1, 0.15) is 35.6 Å². The number of carbonyl (C=O) groups excluding carboxylic acids is 2. The molecule has 0 aromatic heterocycles. The first kappa shape index (κ1) is 25.5. The molecule has 2 N–H and O–H groups in total. The topological polar surface area (TPSA) is 89.0 Å². The summed E-state index contributed by atoms with van der Waals surface area (Å²) in [7, 11) is 1.33. The Morgan fingerprint density at radius 1 is 0.917 bits per heavy atom. The summed E-state index contributed by atoms with van der Waals surface area (Å²) in [6.45, 7) is 2.16. The van der Waals surface area contributed by atoms with Gasteiger partial charge in [0.15, 0.2) is 0 Å². The Hall–Kier alpha value is -3.61. The van der Waals surface area contributed by atoms with Gasteiger partial charge in [-0.15, -0.1) is 0 Å². The van der Waals surface area contributed by atoms with E-state index in [4.69, 9.17) is 9.47 Å². The van der Waals surface area contributed by atoms with E-state index in [1.165, 1.54) is 18.2 Å². The molecule has 0 bridgehead atoms. The van der Waals surface area contributed by atoms with Crippen LogP contribution in [0.3, 0.4) is 0 Å². The molecule has 1 amide bonds. The summed E-state index contributed by atoms with van der Waals surface area (Å²) >= 11 is 2.82. The molecular formula is C28H28N3O4Se. The maximum absolute atomic E-state index is 12.9. The number of hydrogen-bond donors (Lipinski definition) is 2. The second-order valence-corrected chi connectivity index (χ2v) is 9.28.